The highest BCUT2D eigenvalue weighted by Gasteiger charge is 2.05. The third-order valence-electron chi connectivity index (χ3n) is 1.82. The lowest BCUT2D eigenvalue weighted by Gasteiger charge is -2.04. The summed E-state index contributed by atoms with van der Waals surface area (Å²) in [4.78, 5) is 42.3. The van der Waals surface area contributed by atoms with E-state index in [1.165, 1.54) is 0 Å². The molecule has 0 aromatic rings. The number of amides is 2. The van der Waals surface area contributed by atoms with Crippen molar-refractivity contribution < 1.29 is 24.3 Å². The van der Waals surface area contributed by atoms with Crippen LogP contribution in [0.25, 0.3) is 0 Å². The van der Waals surface area contributed by atoms with Crippen LogP contribution in [0.2, 0.25) is 0 Å². The Hall–Kier alpha value is -1.92. The van der Waals surface area contributed by atoms with Crippen molar-refractivity contribution >= 4 is 24.1 Å². The smallest absolute Gasteiger partial charge is 0.303 e. The van der Waals surface area contributed by atoms with Gasteiger partial charge in [0.1, 0.15) is 6.29 Å². The third kappa shape index (κ3) is 10.4. The predicted octanol–water partition coefficient (Wildman–Crippen LogP) is -0.937. The summed E-state index contributed by atoms with van der Waals surface area (Å²) in [6, 6.07) is 0. The lowest BCUT2D eigenvalue weighted by atomic mass is 10.3. The topological polar surface area (TPSA) is 113 Å². The summed E-state index contributed by atoms with van der Waals surface area (Å²) in [6.45, 7) is 0.445. The van der Waals surface area contributed by atoms with Gasteiger partial charge < -0.3 is 20.5 Å². The number of carbonyl (C=O) groups is 4. The average Bonchev–Trinajstić information content (AvgIpc) is 2.27. The molecule has 0 saturated carbocycles. The van der Waals surface area contributed by atoms with Gasteiger partial charge in [-0.2, -0.15) is 0 Å². The first-order valence-corrected chi connectivity index (χ1v) is 5.25. The number of nitrogens with one attached hydrogen (secondary N) is 2. The summed E-state index contributed by atoms with van der Waals surface area (Å²) < 4.78 is 0. The fourth-order valence-corrected chi connectivity index (χ4v) is 0.983. The number of carboxylic acid groups (broad SMARTS) is 1. The van der Waals surface area contributed by atoms with Crippen LogP contribution in [0.3, 0.4) is 0 Å². The Morgan fingerprint density at radius 3 is 2.12 bits per heavy atom. The summed E-state index contributed by atoms with van der Waals surface area (Å²) in [5.74, 6) is -1.69. The number of rotatable bonds is 9. The van der Waals surface area contributed by atoms with Gasteiger partial charge in [0.2, 0.25) is 11.8 Å². The quantitative estimate of drug-likeness (QED) is 0.358. The molecule has 0 aromatic heterocycles. The maximum absolute atomic E-state index is 11.1. The predicted molar refractivity (Wildman–Crippen MR) is 58.2 cm³/mol. The van der Waals surface area contributed by atoms with E-state index in [9.17, 15) is 19.2 Å². The molecule has 3 N–H and O–H groups in total. The first-order chi connectivity index (χ1) is 8.06. The molecule has 0 saturated heterocycles. The molecule has 0 heterocycles. The van der Waals surface area contributed by atoms with Crippen LogP contribution < -0.4 is 10.6 Å². The van der Waals surface area contributed by atoms with Crippen molar-refractivity contribution in [3.63, 3.8) is 0 Å². The monoisotopic (exact) mass is 244 g/mol. The normalized spacial score (nSPS) is 9.41. The van der Waals surface area contributed by atoms with Crippen molar-refractivity contribution in [2.75, 3.05) is 13.1 Å². The summed E-state index contributed by atoms with van der Waals surface area (Å²) in [5, 5.41) is 13.2. The van der Waals surface area contributed by atoms with E-state index >= 15 is 0 Å². The Labute approximate surface area is 98.6 Å². The van der Waals surface area contributed by atoms with Crippen molar-refractivity contribution in [1.29, 1.82) is 0 Å². The lowest BCUT2D eigenvalue weighted by Crippen LogP contribution is -2.31. The zero-order valence-electron chi connectivity index (χ0n) is 9.40. The zero-order chi connectivity index (χ0) is 13.1. The van der Waals surface area contributed by atoms with E-state index in [4.69, 9.17) is 5.11 Å². The molecular weight excluding hydrogens is 228 g/mol. The van der Waals surface area contributed by atoms with E-state index in [2.05, 4.69) is 10.6 Å². The van der Waals surface area contributed by atoms with Crippen molar-refractivity contribution in [2.24, 2.45) is 0 Å². The van der Waals surface area contributed by atoms with Crippen LogP contribution in [0.1, 0.15) is 25.7 Å². The van der Waals surface area contributed by atoms with Gasteiger partial charge in [-0.05, 0) is 0 Å². The summed E-state index contributed by atoms with van der Waals surface area (Å²) in [7, 11) is 0. The number of hydrogen-bond donors (Lipinski definition) is 3. The van der Waals surface area contributed by atoms with E-state index in [0.717, 1.165) is 0 Å². The highest BCUT2D eigenvalue weighted by atomic mass is 16.4. The first-order valence-electron chi connectivity index (χ1n) is 5.25. The fourth-order valence-electron chi connectivity index (χ4n) is 0.983. The standard InChI is InChI=1S/C10H16N2O5/c13-7-1-5-11-9(15)4-6-12-8(14)2-3-10(16)17/h7H,1-6H2,(H,11,15)(H,12,14)(H,16,17). The number of aldehydes is 1. The molecule has 0 bridgehead atoms. The van der Waals surface area contributed by atoms with Crippen LogP contribution in [-0.2, 0) is 19.2 Å². The molecule has 96 valence electrons. The van der Waals surface area contributed by atoms with Gasteiger partial charge in [0.15, 0.2) is 0 Å². The van der Waals surface area contributed by atoms with Crippen LogP contribution in [0.15, 0.2) is 0 Å². The Kier molecular flexibility index (Phi) is 8.26. The molecule has 0 atom stereocenters. The van der Waals surface area contributed by atoms with Crippen molar-refractivity contribution in [3.8, 4) is 0 Å². The highest BCUT2D eigenvalue weighted by Crippen LogP contribution is 1.88. The molecule has 0 aliphatic rings. The molecule has 17 heavy (non-hydrogen) atoms. The molecule has 7 nitrogen and oxygen atoms in total. The Morgan fingerprint density at radius 2 is 1.53 bits per heavy atom. The molecule has 7 heteroatoms. The zero-order valence-corrected chi connectivity index (χ0v) is 9.40. The van der Waals surface area contributed by atoms with Gasteiger partial charge in [0.25, 0.3) is 0 Å². The van der Waals surface area contributed by atoms with E-state index < -0.39 is 11.9 Å². The minimum Gasteiger partial charge on any atom is -0.481 e. The molecule has 2 amide bonds. The van der Waals surface area contributed by atoms with Gasteiger partial charge in [0, 0.05) is 32.4 Å². The Bertz CT molecular complexity index is 290. The van der Waals surface area contributed by atoms with Crippen LogP contribution >= 0.6 is 0 Å². The largest absolute Gasteiger partial charge is 0.481 e. The van der Waals surface area contributed by atoms with Gasteiger partial charge in [-0.3, -0.25) is 14.4 Å². The molecule has 0 aliphatic carbocycles. The minimum absolute atomic E-state index is 0.0951. The average molecular weight is 244 g/mol. The second-order valence-corrected chi connectivity index (χ2v) is 3.30. The van der Waals surface area contributed by atoms with Crippen LogP contribution in [0.4, 0.5) is 0 Å². The van der Waals surface area contributed by atoms with Gasteiger partial charge in [-0.25, -0.2) is 0 Å². The van der Waals surface area contributed by atoms with Crippen LogP contribution in [0, 0.1) is 0 Å². The van der Waals surface area contributed by atoms with E-state index in [1.54, 1.807) is 0 Å². The molecule has 0 radical (unpaired) electrons. The molecule has 0 fully saturated rings. The number of carbonyl (C=O) groups excluding carboxylic acids is 3. The van der Waals surface area contributed by atoms with Gasteiger partial charge in [-0.15, -0.1) is 0 Å². The first kappa shape index (κ1) is 15.1. The SMILES string of the molecule is O=CCCNC(=O)CCNC(=O)CCC(=O)O. The van der Waals surface area contributed by atoms with Crippen LogP contribution in [-0.4, -0.2) is 42.3 Å². The molecule has 0 rings (SSSR count). The lowest BCUT2D eigenvalue weighted by molar-refractivity contribution is -0.138. The number of hydrogen-bond acceptors (Lipinski definition) is 4. The van der Waals surface area contributed by atoms with Crippen molar-refractivity contribution in [3.05, 3.63) is 0 Å². The van der Waals surface area contributed by atoms with Gasteiger partial charge >= 0.3 is 5.97 Å². The molecule has 0 spiro atoms. The molecule has 0 aliphatic heterocycles. The van der Waals surface area contributed by atoms with Crippen molar-refractivity contribution in [1.82, 2.24) is 10.6 Å². The van der Waals surface area contributed by atoms with Gasteiger partial charge in [-0.1, -0.05) is 0 Å². The second kappa shape index (κ2) is 9.32. The molecular formula is C10H16N2O5. The maximum Gasteiger partial charge on any atom is 0.303 e. The van der Waals surface area contributed by atoms with Crippen LogP contribution in [0.5, 0.6) is 0 Å². The minimum atomic E-state index is -1.04. The van der Waals surface area contributed by atoms with Gasteiger partial charge in [0.05, 0.1) is 6.42 Å². The third-order valence-corrected chi connectivity index (χ3v) is 1.82. The number of carboxylic acids is 1. The molecule has 0 aromatic carbocycles. The fraction of sp³-hybridized carbons (Fsp3) is 0.600. The summed E-state index contributed by atoms with van der Waals surface area (Å²) in [5.41, 5.74) is 0. The van der Waals surface area contributed by atoms with E-state index in [0.29, 0.717) is 6.29 Å². The van der Waals surface area contributed by atoms with Crippen molar-refractivity contribution in [2.45, 2.75) is 25.7 Å². The summed E-state index contributed by atoms with van der Waals surface area (Å²) in [6.07, 6.45) is 0.752. The Balaban J connectivity index is 3.48. The number of aliphatic carboxylic acids is 1. The highest BCUT2D eigenvalue weighted by molar-refractivity contribution is 5.81. The van der Waals surface area contributed by atoms with E-state index in [1.807, 2.05) is 0 Å². The Morgan fingerprint density at radius 1 is 0.941 bits per heavy atom. The van der Waals surface area contributed by atoms with E-state index in [-0.39, 0.29) is 44.7 Å². The summed E-state index contributed by atoms with van der Waals surface area (Å²) >= 11 is 0. The second-order valence-electron chi connectivity index (χ2n) is 3.30. The maximum atomic E-state index is 11.1. The molecule has 0 unspecified atom stereocenters.